The highest BCUT2D eigenvalue weighted by atomic mass is 16.5. The summed E-state index contributed by atoms with van der Waals surface area (Å²) in [6.07, 6.45) is 10.8. The number of aliphatic hydroxyl groups is 4. The number of piperidine rings is 1. The Balaban J connectivity index is 0.893. The summed E-state index contributed by atoms with van der Waals surface area (Å²) in [6, 6.07) is 18.0. The first-order valence-corrected chi connectivity index (χ1v) is 28.4. The van der Waals surface area contributed by atoms with Gasteiger partial charge in [0.15, 0.2) is 17.3 Å². The lowest BCUT2D eigenvalue weighted by Gasteiger charge is -2.68. The van der Waals surface area contributed by atoms with E-state index >= 15 is 0 Å². The van der Waals surface area contributed by atoms with Gasteiger partial charge in [-0.25, -0.2) is 0 Å². The Labute approximate surface area is 437 Å². The van der Waals surface area contributed by atoms with Crippen molar-refractivity contribution in [2.24, 2.45) is 58.5 Å². The summed E-state index contributed by atoms with van der Waals surface area (Å²) in [5.74, 6) is 8.78. The molecule has 396 valence electrons. The van der Waals surface area contributed by atoms with Gasteiger partial charge in [-0.05, 0) is 176 Å². The van der Waals surface area contributed by atoms with Crippen LogP contribution in [0.1, 0.15) is 132 Å². The third kappa shape index (κ3) is 9.40. The third-order valence-corrected chi connectivity index (χ3v) is 20.4. The number of fused-ring (bicyclic) bond motifs is 3. The summed E-state index contributed by atoms with van der Waals surface area (Å²) in [5, 5.41) is 74.0. The van der Waals surface area contributed by atoms with Crippen LogP contribution in [-0.4, -0.2) is 99.8 Å². The Kier molecular flexibility index (Phi) is 14.6. The van der Waals surface area contributed by atoms with E-state index in [-0.39, 0.29) is 83.6 Å². The fourth-order valence-electron chi connectivity index (χ4n) is 17.0. The molecule has 8 aliphatic rings. The first-order valence-electron chi connectivity index (χ1n) is 28.4. The lowest BCUT2D eigenvalue weighted by molar-refractivity contribution is -0.192. The van der Waals surface area contributed by atoms with Crippen LogP contribution >= 0.6 is 0 Å². The molecule has 5 saturated carbocycles. The molecule has 3 aromatic rings. The first kappa shape index (κ1) is 51.4. The van der Waals surface area contributed by atoms with Gasteiger partial charge in [0, 0.05) is 49.2 Å². The van der Waals surface area contributed by atoms with E-state index < -0.39 is 35.7 Å². The van der Waals surface area contributed by atoms with Gasteiger partial charge in [0.1, 0.15) is 11.2 Å². The molecule has 0 amide bonds. The van der Waals surface area contributed by atoms with Crippen LogP contribution in [-0.2, 0) is 16.0 Å². The van der Waals surface area contributed by atoms with Crippen molar-refractivity contribution in [1.29, 1.82) is 0 Å². The molecule has 6 fully saturated rings. The van der Waals surface area contributed by atoms with Crippen molar-refractivity contribution in [1.82, 2.24) is 16.0 Å². The van der Waals surface area contributed by atoms with Gasteiger partial charge in [0.05, 0.1) is 37.3 Å². The van der Waals surface area contributed by atoms with Gasteiger partial charge in [-0.2, -0.15) is 0 Å². The van der Waals surface area contributed by atoms with E-state index in [0.717, 1.165) is 72.7 Å². The molecule has 2 spiro atoms. The summed E-state index contributed by atoms with van der Waals surface area (Å²) >= 11 is 0. The van der Waals surface area contributed by atoms with Gasteiger partial charge >= 0.3 is 0 Å². The van der Waals surface area contributed by atoms with Crippen LogP contribution < -0.4 is 26.4 Å². The Morgan fingerprint density at radius 1 is 0.905 bits per heavy atom. The zero-order valence-corrected chi connectivity index (χ0v) is 43.5. The SMILES string of the molecule is CCNC[C@H]1[C@@H]([C@H]2CC[C@@]3(C#C[C@H](C[C@H](O)[C@H](O)C[C@H](C4=CCNC(N)=C4)c4ccc5ccccc5c4)c4cc(O)c(OC)cc4CCC3=O)[C@H](O)C2)C[C@H]2[C@H]3[C@H]4[C@@H](CC(=O)C[C@@H]4NC24CCCCC4)C[C@H](O)[C@H]13. The summed E-state index contributed by atoms with van der Waals surface area (Å²) in [7, 11) is 1.49. The number of hydrogen-bond donors (Lipinski definition) is 9. The van der Waals surface area contributed by atoms with Crippen LogP contribution in [0, 0.1) is 64.6 Å². The van der Waals surface area contributed by atoms with Gasteiger partial charge in [-0.15, -0.1) is 0 Å². The van der Waals surface area contributed by atoms with Gasteiger partial charge in [-0.3, -0.25) is 9.59 Å². The molecule has 1 saturated heterocycles. The van der Waals surface area contributed by atoms with E-state index in [0.29, 0.717) is 86.4 Å². The number of dihydropyridines is 1. The van der Waals surface area contributed by atoms with Crippen LogP contribution in [0.2, 0.25) is 0 Å². The number of phenolic OH excluding ortho intramolecular Hbond substituents is 1. The molecule has 0 aromatic heterocycles. The molecule has 11 rings (SSSR count). The molecule has 12 nitrogen and oxygen atoms in total. The fraction of sp³-hybridized carbons (Fsp3) is 0.613. The van der Waals surface area contributed by atoms with Crippen molar-refractivity contribution in [3.8, 4) is 23.3 Å². The third-order valence-electron chi connectivity index (χ3n) is 20.4. The van der Waals surface area contributed by atoms with Crippen LogP contribution in [0.4, 0.5) is 0 Å². The highest BCUT2D eigenvalue weighted by molar-refractivity contribution is 5.89. The van der Waals surface area contributed by atoms with Crippen LogP contribution in [0.25, 0.3) is 10.8 Å². The second-order valence-corrected chi connectivity index (χ2v) is 24.1. The van der Waals surface area contributed by atoms with Gasteiger partial charge in [-0.1, -0.05) is 86.6 Å². The van der Waals surface area contributed by atoms with Crippen molar-refractivity contribution in [2.45, 2.75) is 157 Å². The number of benzene rings is 3. The van der Waals surface area contributed by atoms with Crippen molar-refractivity contribution in [2.75, 3.05) is 26.7 Å². The van der Waals surface area contributed by atoms with E-state index in [1.54, 1.807) is 12.1 Å². The largest absolute Gasteiger partial charge is 0.504 e. The predicted molar refractivity (Wildman–Crippen MR) is 286 cm³/mol. The number of ether oxygens (including phenoxy) is 1. The Morgan fingerprint density at radius 3 is 2.49 bits per heavy atom. The standard InChI is InChI=1S/C62H80N4O8/c1-3-64-34-47-46(31-48-60-58-42(26-53(71)59(47)60)24-43(67)30-49(58)66-62(48)18-7-4-8-19-62)40-16-21-61(56(73)28-40)20-15-39(45-33-52(70)54(74-2)27-38(45)13-14-55(61)72)25-50(68)51(69)32-44(41-17-22-65-57(63)29-41)37-12-11-35-9-5-6-10-36(35)23-37/h5-6,9-12,17,23,27,29,33,39-40,42,44,46-51,53,56,58-60,64-66,68-71,73H,3-4,7-8,13-14,16,18-19,21-22,24-26,28,30-32,34,63H2,1-2H3/t39-,40+,42+,44+,46-,47+,48+,49+,50+,51-,53+,56-,58+,59+,60+,61-/m1/s1. The van der Waals surface area contributed by atoms with E-state index in [2.05, 4.69) is 71.1 Å². The number of carbonyl (C=O) groups excluding carboxylic acids is 2. The van der Waals surface area contributed by atoms with E-state index in [1.165, 1.54) is 13.5 Å². The van der Waals surface area contributed by atoms with Crippen LogP contribution in [0.5, 0.6) is 11.5 Å². The van der Waals surface area contributed by atoms with E-state index in [9.17, 15) is 35.1 Å². The lowest BCUT2D eigenvalue weighted by Crippen LogP contribution is -2.74. The number of carbonyl (C=O) groups is 2. The van der Waals surface area contributed by atoms with Gasteiger partial charge < -0.3 is 52.0 Å². The molecule has 6 aliphatic carbocycles. The summed E-state index contributed by atoms with van der Waals surface area (Å²) in [4.78, 5) is 28.2. The number of aliphatic hydroxyl groups excluding tert-OH is 4. The number of aromatic hydroxyl groups is 1. The molecule has 2 aliphatic heterocycles. The molecule has 16 atom stereocenters. The molecule has 0 radical (unpaired) electrons. The quantitative estimate of drug-likeness (QED) is 0.0838. The number of methoxy groups -OCH3 is 1. The average molecular weight is 1010 g/mol. The van der Waals surface area contributed by atoms with Crippen molar-refractivity contribution in [3.63, 3.8) is 0 Å². The van der Waals surface area contributed by atoms with E-state index in [1.807, 2.05) is 18.2 Å². The van der Waals surface area contributed by atoms with Crippen LogP contribution in [0.3, 0.4) is 0 Å². The smallest absolute Gasteiger partial charge is 0.160 e. The number of rotatable bonds is 12. The number of Topliss-reactive ketones (excluding diaryl/α,β-unsaturated/α-hetero) is 2. The number of allylic oxidation sites excluding steroid dienone is 2. The summed E-state index contributed by atoms with van der Waals surface area (Å²) < 4.78 is 5.57. The average Bonchev–Trinajstić information content (AvgIpc) is 3.44. The molecule has 12 heteroatoms. The highest BCUT2D eigenvalue weighted by Crippen LogP contribution is 2.64. The summed E-state index contributed by atoms with van der Waals surface area (Å²) in [5.41, 5.74) is 8.25. The predicted octanol–water partition coefficient (Wildman–Crippen LogP) is 7.05. The second-order valence-electron chi connectivity index (χ2n) is 24.1. The topological polar surface area (TPSA) is 207 Å². The maximum atomic E-state index is 14.9. The molecule has 74 heavy (non-hydrogen) atoms. The Morgan fingerprint density at radius 2 is 1.72 bits per heavy atom. The molecule has 3 aromatic carbocycles. The molecular formula is C62H80N4O8. The normalized spacial score (nSPS) is 35.5. The second kappa shape index (κ2) is 21.0. The maximum absolute atomic E-state index is 14.9. The van der Waals surface area contributed by atoms with Gasteiger partial charge in [0.25, 0.3) is 0 Å². The monoisotopic (exact) mass is 1010 g/mol. The Bertz CT molecular complexity index is 2720. The molecule has 0 unspecified atom stereocenters. The van der Waals surface area contributed by atoms with E-state index in [4.69, 9.17) is 10.5 Å². The van der Waals surface area contributed by atoms with Gasteiger partial charge in [0.2, 0.25) is 0 Å². The molecule has 0 bridgehead atoms. The minimum Gasteiger partial charge on any atom is -0.504 e. The maximum Gasteiger partial charge on any atom is 0.160 e. The van der Waals surface area contributed by atoms with Crippen molar-refractivity contribution < 1.29 is 39.9 Å². The molecular weight excluding hydrogens is 929 g/mol. The van der Waals surface area contributed by atoms with Crippen molar-refractivity contribution >= 4 is 22.3 Å². The number of hydrogen-bond acceptors (Lipinski definition) is 12. The fourth-order valence-corrected chi connectivity index (χ4v) is 17.0. The minimum atomic E-state index is -1.34. The molecule has 2 heterocycles. The highest BCUT2D eigenvalue weighted by Gasteiger charge is 2.65. The number of aryl methyl sites for hydroxylation is 1. The van der Waals surface area contributed by atoms with Crippen LogP contribution in [0.15, 0.2) is 78.1 Å². The lowest BCUT2D eigenvalue weighted by atomic mass is 9.41. The molecule has 10 N–H and O–H groups in total. The summed E-state index contributed by atoms with van der Waals surface area (Å²) in [6.45, 7) is 4.29. The minimum absolute atomic E-state index is 0.0199. The number of phenols is 1. The zero-order chi connectivity index (χ0) is 51.5. The first-order chi connectivity index (χ1) is 35.8. The number of nitrogens with two attached hydrogens (primary N) is 1. The Hall–Kier alpha value is -4.74. The number of ketones is 2. The zero-order valence-electron chi connectivity index (χ0n) is 43.5. The van der Waals surface area contributed by atoms with Crippen molar-refractivity contribution in [3.05, 3.63) is 94.8 Å². The number of nitrogens with one attached hydrogen (secondary N) is 3.